The number of nitro groups is 4. The van der Waals surface area contributed by atoms with Gasteiger partial charge in [0.25, 0.3) is 22.7 Å². The molecule has 0 fully saturated rings. The fraction of sp³-hybridized carbons (Fsp3) is 0. The lowest BCUT2D eigenvalue weighted by Crippen LogP contribution is -2.00. The number of rotatable bonds is 8. The molecule has 314 valence electrons. The van der Waals surface area contributed by atoms with Gasteiger partial charge in [0.1, 0.15) is 23.0 Å². The predicted octanol–water partition coefficient (Wildman–Crippen LogP) is 9.57. The average molecular weight is 859 g/mol. The van der Waals surface area contributed by atoms with Crippen LogP contribution in [0.4, 0.5) is 22.7 Å². The predicted molar refractivity (Wildman–Crippen MR) is 233 cm³/mol. The molecule has 0 spiro atoms. The Kier molecular flexibility index (Phi) is 9.36. The molecule has 2 aliphatic rings. The number of aromatic nitrogens is 4. The van der Waals surface area contributed by atoms with Crippen molar-refractivity contribution in [3.8, 4) is 62.1 Å². The highest BCUT2D eigenvalue weighted by molar-refractivity contribution is 6.13. The van der Waals surface area contributed by atoms with Crippen LogP contribution in [0.1, 0.15) is 22.8 Å². The first kappa shape index (κ1) is 39.7. The maximum atomic E-state index is 12.4. The summed E-state index contributed by atoms with van der Waals surface area (Å²) in [4.78, 5) is 59.4. The summed E-state index contributed by atoms with van der Waals surface area (Å²) in [6.07, 6.45) is 6.27. The third-order valence-corrected chi connectivity index (χ3v) is 10.5. The number of aromatic amines is 1. The average Bonchev–Trinajstić information content (AvgIpc) is 4.07. The van der Waals surface area contributed by atoms with E-state index in [1.54, 1.807) is 42.5 Å². The number of aromatic hydroxyl groups is 4. The zero-order valence-corrected chi connectivity index (χ0v) is 32.3. The molecule has 64 heavy (non-hydrogen) atoms. The van der Waals surface area contributed by atoms with Crippen molar-refractivity contribution in [2.75, 3.05) is 0 Å². The van der Waals surface area contributed by atoms with Crippen LogP contribution in [0.3, 0.4) is 0 Å². The zero-order valence-electron chi connectivity index (χ0n) is 32.3. The Balaban J connectivity index is 1.70. The second-order valence-electron chi connectivity index (χ2n) is 14.4. The van der Waals surface area contributed by atoms with E-state index in [-0.39, 0.29) is 61.5 Å². The molecule has 4 aromatic carbocycles. The van der Waals surface area contributed by atoms with Crippen molar-refractivity contribution in [2.45, 2.75) is 0 Å². The first-order valence-electron chi connectivity index (χ1n) is 18.7. The Morgan fingerprint density at radius 3 is 1.39 bits per heavy atom. The molecule has 7 aromatic rings. The van der Waals surface area contributed by atoms with E-state index in [1.807, 2.05) is 0 Å². The monoisotopic (exact) mass is 858 g/mol. The molecule has 0 atom stereocenters. The van der Waals surface area contributed by atoms with Gasteiger partial charge in [0.2, 0.25) is 0 Å². The van der Waals surface area contributed by atoms with E-state index in [1.165, 1.54) is 16.7 Å². The van der Waals surface area contributed by atoms with Gasteiger partial charge in [-0.3, -0.25) is 40.5 Å². The molecule has 5 N–H and O–H groups in total. The maximum absolute atomic E-state index is 12.4. The number of fused-ring (bicyclic) bond motifs is 8. The van der Waals surface area contributed by atoms with Crippen molar-refractivity contribution in [2.24, 2.45) is 0 Å². The van der Waals surface area contributed by atoms with E-state index in [2.05, 4.69) is 4.98 Å². The summed E-state index contributed by atoms with van der Waals surface area (Å²) in [5, 5.41) is 96.7. The molecule has 0 unspecified atom stereocenters. The number of phenols is 4. The lowest BCUT2D eigenvalue weighted by atomic mass is 9.91. The Hall–Kier alpha value is -9.72. The highest BCUT2D eigenvalue weighted by Gasteiger charge is 2.32. The van der Waals surface area contributed by atoms with Gasteiger partial charge in [-0.15, -0.1) is 0 Å². The normalized spacial score (nSPS) is 11.8. The van der Waals surface area contributed by atoms with Gasteiger partial charge in [-0.2, -0.15) is 0 Å². The lowest BCUT2D eigenvalue weighted by molar-refractivity contribution is -0.385. The molecule has 5 heterocycles. The molecular formula is C44H26N8O12. The summed E-state index contributed by atoms with van der Waals surface area (Å²) >= 11 is 0. The first-order chi connectivity index (χ1) is 30.6. The molecule has 0 aliphatic carbocycles. The minimum absolute atomic E-state index is 0.0441. The summed E-state index contributed by atoms with van der Waals surface area (Å²) in [6.45, 7) is 0. The van der Waals surface area contributed by atoms with Gasteiger partial charge in [-0.1, -0.05) is 0 Å². The number of H-pyrrole nitrogens is 1. The van der Waals surface area contributed by atoms with Gasteiger partial charge >= 0.3 is 0 Å². The standard InChI is InChI=1S/C44H26N8O12/c53-37-11-6-27(49(57)58)18-31(37)41-34-10-5-25(47-34)16-24-2-1-22(45-24)15-23-3-4-26(46-23)17-36-42(32-19-28(50(59)60)7-12-38(32)54)43(33-20-29(51(61)62)8-13-39(33)55)44(41)48(36)35-21-30(52(63)64)9-14-40(35)56/h1-21,45,53-56H. The summed E-state index contributed by atoms with van der Waals surface area (Å²) < 4.78 is 1.20. The molecule has 20 nitrogen and oxygen atoms in total. The van der Waals surface area contributed by atoms with E-state index < -0.39 is 65.4 Å². The van der Waals surface area contributed by atoms with E-state index in [9.17, 15) is 60.9 Å². The van der Waals surface area contributed by atoms with Crippen LogP contribution in [0.5, 0.6) is 23.0 Å². The minimum Gasteiger partial charge on any atom is -0.507 e. The second-order valence-corrected chi connectivity index (χ2v) is 14.4. The number of nitrogens with one attached hydrogen (secondary N) is 1. The molecule has 3 aromatic heterocycles. The van der Waals surface area contributed by atoms with Crippen LogP contribution in [-0.4, -0.2) is 59.6 Å². The summed E-state index contributed by atoms with van der Waals surface area (Å²) in [6, 6.07) is 20.4. The number of non-ortho nitro benzene ring substituents is 4. The first-order valence-corrected chi connectivity index (χ1v) is 18.7. The van der Waals surface area contributed by atoms with E-state index in [0.29, 0.717) is 22.4 Å². The van der Waals surface area contributed by atoms with E-state index in [0.717, 1.165) is 72.8 Å². The molecule has 20 heteroatoms. The van der Waals surface area contributed by atoms with Crippen LogP contribution in [0.15, 0.2) is 103 Å². The van der Waals surface area contributed by atoms with Gasteiger partial charge in [0.05, 0.1) is 59.2 Å². The van der Waals surface area contributed by atoms with Crippen molar-refractivity contribution in [1.82, 2.24) is 19.5 Å². The van der Waals surface area contributed by atoms with Crippen LogP contribution in [-0.2, 0) is 0 Å². The minimum atomic E-state index is -0.763. The quantitative estimate of drug-likeness (QED) is 0.0702. The fourth-order valence-electron chi connectivity index (χ4n) is 7.66. The van der Waals surface area contributed by atoms with Crippen LogP contribution < -0.4 is 0 Å². The van der Waals surface area contributed by atoms with Crippen LogP contribution in [0.25, 0.3) is 85.4 Å². The number of nitro benzene ring substituents is 4. The molecule has 0 amide bonds. The van der Waals surface area contributed by atoms with Crippen molar-refractivity contribution in [3.63, 3.8) is 0 Å². The van der Waals surface area contributed by atoms with Crippen molar-refractivity contribution < 1.29 is 40.1 Å². The van der Waals surface area contributed by atoms with E-state index in [4.69, 9.17) is 9.97 Å². The molecular weight excluding hydrogens is 833 g/mol. The second kappa shape index (κ2) is 15.1. The largest absolute Gasteiger partial charge is 0.507 e. The van der Waals surface area contributed by atoms with Gasteiger partial charge in [-0.25, -0.2) is 9.97 Å². The number of hydrogen-bond donors (Lipinski definition) is 5. The third-order valence-electron chi connectivity index (χ3n) is 10.5. The molecule has 8 bridgehead atoms. The van der Waals surface area contributed by atoms with Gasteiger partial charge in [-0.05, 0) is 78.9 Å². The van der Waals surface area contributed by atoms with Crippen LogP contribution in [0, 0.1) is 40.5 Å². The maximum Gasteiger partial charge on any atom is 0.271 e. The van der Waals surface area contributed by atoms with Crippen molar-refractivity contribution in [1.29, 1.82) is 0 Å². The Morgan fingerprint density at radius 2 is 0.875 bits per heavy atom. The number of hydrogen-bond acceptors (Lipinski definition) is 14. The Labute approximate surface area is 356 Å². The van der Waals surface area contributed by atoms with E-state index >= 15 is 0 Å². The molecule has 0 saturated heterocycles. The molecule has 0 saturated carbocycles. The molecule has 2 aliphatic heterocycles. The van der Waals surface area contributed by atoms with Gasteiger partial charge in [0, 0.05) is 92.9 Å². The zero-order chi connectivity index (χ0) is 45.1. The lowest BCUT2D eigenvalue weighted by Gasteiger charge is -2.15. The number of phenolic OH excluding ortho intramolecular Hbond substituents is 4. The number of nitrogens with zero attached hydrogens (tertiary/aromatic N) is 7. The highest BCUT2D eigenvalue weighted by Crippen LogP contribution is 2.53. The Morgan fingerprint density at radius 1 is 0.453 bits per heavy atom. The smallest absolute Gasteiger partial charge is 0.271 e. The van der Waals surface area contributed by atoms with Crippen LogP contribution >= 0.6 is 0 Å². The van der Waals surface area contributed by atoms with Crippen LogP contribution in [0.2, 0.25) is 0 Å². The summed E-state index contributed by atoms with van der Waals surface area (Å²) in [5.41, 5.74) is -2.76. The van der Waals surface area contributed by atoms with Crippen molar-refractivity contribution in [3.05, 3.63) is 166 Å². The van der Waals surface area contributed by atoms with Crippen molar-refractivity contribution >= 4 is 69.1 Å². The topological polar surface area (TPSA) is 300 Å². The van der Waals surface area contributed by atoms with Gasteiger partial charge in [0.15, 0.2) is 0 Å². The molecule has 0 radical (unpaired) electrons. The number of benzene rings is 4. The summed E-state index contributed by atoms with van der Waals surface area (Å²) in [7, 11) is 0. The highest BCUT2D eigenvalue weighted by atomic mass is 16.6. The Bertz CT molecular complexity index is 3480. The third kappa shape index (κ3) is 6.89. The molecule has 9 rings (SSSR count). The SMILES string of the molecule is O=[N+]([O-])c1ccc(O)c(-c2c(-c3cc([N+](=O)[O-])ccc3O)c3c(-c4cc([N+](=O)[O-])ccc4O)c4nc(cc5ccc(cc6nc(cc2n3-c2cc([N+](=O)[O-])ccc2O)C=C6)[nH]5)C=C4)c1. The fourth-order valence-corrected chi connectivity index (χ4v) is 7.66. The van der Waals surface area contributed by atoms with Gasteiger partial charge < -0.3 is 30.0 Å². The summed E-state index contributed by atoms with van der Waals surface area (Å²) in [5.74, 6) is -2.42.